The van der Waals surface area contributed by atoms with Gasteiger partial charge in [0.2, 0.25) is 0 Å². The molecule has 0 radical (unpaired) electrons. The van der Waals surface area contributed by atoms with Gasteiger partial charge in [0.25, 0.3) is 0 Å². The van der Waals surface area contributed by atoms with E-state index < -0.39 is 6.10 Å². The minimum Gasteiger partial charge on any atom is -0.467 e. The van der Waals surface area contributed by atoms with E-state index in [4.69, 9.17) is 9.15 Å². The molecule has 84 valence electrons. The minimum absolute atomic E-state index is 0.296. The van der Waals surface area contributed by atoms with Gasteiger partial charge in [0.15, 0.2) is 0 Å². The Morgan fingerprint density at radius 1 is 1.67 bits per heavy atom. The molecule has 0 aliphatic heterocycles. The molecule has 4 nitrogen and oxygen atoms in total. The lowest BCUT2D eigenvalue weighted by atomic mass is 10.3. The second kappa shape index (κ2) is 7.23. The van der Waals surface area contributed by atoms with Gasteiger partial charge in [-0.15, -0.1) is 6.58 Å². The molecule has 15 heavy (non-hydrogen) atoms. The van der Waals surface area contributed by atoms with Crippen LogP contribution in [0.4, 0.5) is 0 Å². The van der Waals surface area contributed by atoms with Crippen molar-refractivity contribution in [3.05, 3.63) is 36.8 Å². The van der Waals surface area contributed by atoms with Gasteiger partial charge in [-0.3, -0.25) is 0 Å². The molecule has 0 unspecified atom stereocenters. The lowest BCUT2D eigenvalue weighted by molar-refractivity contribution is 0.0231. The molecule has 4 heteroatoms. The third kappa shape index (κ3) is 5.37. The van der Waals surface area contributed by atoms with Gasteiger partial charge in [0.1, 0.15) is 12.4 Å². The van der Waals surface area contributed by atoms with Gasteiger partial charge in [-0.25, -0.2) is 0 Å². The number of rotatable bonds is 8. The Morgan fingerprint density at radius 2 is 2.53 bits per heavy atom. The van der Waals surface area contributed by atoms with Gasteiger partial charge in [0.05, 0.1) is 19.0 Å². The Hall–Kier alpha value is -1.10. The molecule has 0 aromatic carbocycles. The quantitative estimate of drug-likeness (QED) is 0.496. The van der Waals surface area contributed by atoms with Gasteiger partial charge >= 0.3 is 0 Å². The molecule has 2 N–H and O–H groups in total. The second-order valence-electron chi connectivity index (χ2n) is 3.20. The van der Waals surface area contributed by atoms with Crippen LogP contribution < -0.4 is 5.32 Å². The fraction of sp³-hybridized carbons (Fsp3) is 0.455. The monoisotopic (exact) mass is 211 g/mol. The number of hydrogen-bond acceptors (Lipinski definition) is 4. The van der Waals surface area contributed by atoms with Crippen molar-refractivity contribution in [2.75, 3.05) is 19.7 Å². The van der Waals surface area contributed by atoms with Crippen LogP contribution in [0, 0.1) is 0 Å². The largest absolute Gasteiger partial charge is 0.467 e. The molecular weight excluding hydrogens is 194 g/mol. The Kier molecular flexibility index (Phi) is 5.77. The van der Waals surface area contributed by atoms with Gasteiger partial charge in [-0.2, -0.15) is 0 Å². The highest BCUT2D eigenvalue weighted by atomic mass is 16.5. The van der Waals surface area contributed by atoms with Crippen LogP contribution in [-0.4, -0.2) is 30.9 Å². The first-order chi connectivity index (χ1) is 7.33. The maximum atomic E-state index is 9.45. The third-order valence-corrected chi connectivity index (χ3v) is 1.80. The molecule has 1 heterocycles. The van der Waals surface area contributed by atoms with E-state index in [-0.39, 0.29) is 0 Å². The summed E-state index contributed by atoms with van der Waals surface area (Å²) in [6, 6.07) is 3.64. The van der Waals surface area contributed by atoms with Gasteiger partial charge in [-0.1, -0.05) is 6.08 Å². The normalized spacial score (nSPS) is 12.6. The Bertz CT molecular complexity index is 259. The van der Waals surface area contributed by atoms with E-state index in [2.05, 4.69) is 11.9 Å². The molecule has 0 saturated heterocycles. The summed E-state index contributed by atoms with van der Waals surface area (Å²) in [5, 5.41) is 12.5. The number of furan rings is 1. The fourth-order valence-electron chi connectivity index (χ4n) is 1.10. The van der Waals surface area contributed by atoms with Gasteiger partial charge in [0, 0.05) is 13.1 Å². The Labute approximate surface area is 89.5 Å². The fourth-order valence-corrected chi connectivity index (χ4v) is 1.10. The van der Waals surface area contributed by atoms with Crippen LogP contribution in [0.1, 0.15) is 5.76 Å². The van der Waals surface area contributed by atoms with Crippen molar-refractivity contribution in [3.63, 3.8) is 0 Å². The number of aliphatic hydroxyl groups is 1. The highest BCUT2D eigenvalue weighted by Crippen LogP contribution is 2.01. The second-order valence-corrected chi connectivity index (χ2v) is 3.20. The first kappa shape index (κ1) is 12.0. The SMILES string of the molecule is C=CCNC[C@H](O)COCc1ccco1. The van der Waals surface area contributed by atoms with E-state index >= 15 is 0 Å². The van der Waals surface area contributed by atoms with Crippen molar-refractivity contribution in [2.45, 2.75) is 12.7 Å². The first-order valence-electron chi connectivity index (χ1n) is 4.92. The van der Waals surface area contributed by atoms with Gasteiger partial charge in [-0.05, 0) is 12.1 Å². The zero-order valence-electron chi connectivity index (χ0n) is 8.69. The van der Waals surface area contributed by atoms with Gasteiger partial charge < -0.3 is 19.6 Å². The summed E-state index contributed by atoms with van der Waals surface area (Å²) in [5.41, 5.74) is 0. The molecule has 0 amide bonds. The Balaban J connectivity index is 2.01. The molecular formula is C11H17NO3. The predicted molar refractivity (Wildman–Crippen MR) is 57.4 cm³/mol. The topological polar surface area (TPSA) is 54.6 Å². The van der Waals surface area contributed by atoms with Crippen molar-refractivity contribution in [1.29, 1.82) is 0 Å². The van der Waals surface area contributed by atoms with E-state index in [0.717, 1.165) is 5.76 Å². The van der Waals surface area contributed by atoms with E-state index in [1.54, 1.807) is 18.4 Å². The van der Waals surface area contributed by atoms with Crippen LogP contribution >= 0.6 is 0 Å². The highest BCUT2D eigenvalue weighted by molar-refractivity contribution is 4.96. The predicted octanol–water partition coefficient (Wildman–Crippen LogP) is 0.933. The summed E-state index contributed by atoms with van der Waals surface area (Å²) in [6.07, 6.45) is 2.84. The van der Waals surface area contributed by atoms with Crippen molar-refractivity contribution in [2.24, 2.45) is 0 Å². The van der Waals surface area contributed by atoms with Crippen molar-refractivity contribution in [3.8, 4) is 0 Å². The first-order valence-corrected chi connectivity index (χ1v) is 4.92. The number of ether oxygens (including phenoxy) is 1. The average Bonchev–Trinajstić information content (AvgIpc) is 2.71. The summed E-state index contributed by atoms with van der Waals surface area (Å²) >= 11 is 0. The zero-order valence-corrected chi connectivity index (χ0v) is 8.69. The summed E-state index contributed by atoms with van der Waals surface area (Å²) in [5.74, 6) is 0.765. The molecule has 0 aliphatic rings. The van der Waals surface area contributed by atoms with E-state index in [1.165, 1.54) is 0 Å². The average molecular weight is 211 g/mol. The van der Waals surface area contributed by atoms with Crippen molar-refractivity contribution in [1.82, 2.24) is 5.32 Å². The minimum atomic E-state index is -0.500. The lowest BCUT2D eigenvalue weighted by Crippen LogP contribution is -2.30. The molecule has 1 rings (SSSR count). The molecule has 1 aromatic rings. The van der Waals surface area contributed by atoms with Crippen LogP contribution in [0.3, 0.4) is 0 Å². The molecule has 0 fully saturated rings. The van der Waals surface area contributed by atoms with Crippen LogP contribution in [0.15, 0.2) is 35.5 Å². The smallest absolute Gasteiger partial charge is 0.129 e. The van der Waals surface area contributed by atoms with Crippen LogP contribution in [0.25, 0.3) is 0 Å². The summed E-state index contributed by atoms with van der Waals surface area (Å²) in [6.45, 7) is 5.45. The molecule has 0 spiro atoms. The molecule has 0 aliphatic carbocycles. The van der Waals surface area contributed by atoms with Crippen molar-refractivity contribution < 1.29 is 14.3 Å². The summed E-state index contributed by atoms with van der Waals surface area (Å²) in [4.78, 5) is 0. The number of aliphatic hydroxyl groups excluding tert-OH is 1. The van der Waals surface area contributed by atoms with Crippen molar-refractivity contribution >= 4 is 0 Å². The molecule has 1 atom stereocenters. The maximum Gasteiger partial charge on any atom is 0.129 e. The zero-order chi connectivity index (χ0) is 10.9. The lowest BCUT2D eigenvalue weighted by Gasteiger charge is -2.10. The number of nitrogens with one attached hydrogen (secondary N) is 1. The number of hydrogen-bond donors (Lipinski definition) is 2. The molecule has 0 bridgehead atoms. The summed E-state index contributed by atoms with van der Waals surface area (Å²) in [7, 11) is 0. The van der Waals surface area contributed by atoms with E-state index in [9.17, 15) is 5.11 Å². The van der Waals surface area contributed by atoms with E-state index in [1.807, 2.05) is 6.07 Å². The van der Waals surface area contributed by atoms with Crippen LogP contribution in [0.5, 0.6) is 0 Å². The highest BCUT2D eigenvalue weighted by Gasteiger charge is 2.03. The van der Waals surface area contributed by atoms with Crippen LogP contribution in [-0.2, 0) is 11.3 Å². The summed E-state index contributed by atoms with van der Waals surface area (Å²) < 4.78 is 10.3. The maximum absolute atomic E-state index is 9.45. The molecule has 0 saturated carbocycles. The Morgan fingerprint density at radius 3 is 3.20 bits per heavy atom. The van der Waals surface area contributed by atoms with E-state index in [0.29, 0.717) is 26.3 Å². The van der Waals surface area contributed by atoms with Crippen LogP contribution in [0.2, 0.25) is 0 Å². The third-order valence-electron chi connectivity index (χ3n) is 1.80. The molecule has 1 aromatic heterocycles. The standard InChI is InChI=1S/C11H17NO3/c1-2-5-12-7-10(13)8-14-9-11-4-3-6-15-11/h2-4,6,10,12-13H,1,5,7-9H2/t10-/m0/s1.